The molecule has 0 unspecified atom stereocenters. The first kappa shape index (κ1) is 22.9. The van der Waals surface area contributed by atoms with E-state index in [9.17, 15) is 9.59 Å². The van der Waals surface area contributed by atoms with E-state index in [1.165, 1.54) is 15.7 Å². The molecule has 0 fully saturated rings. The highest BCUT2D eigenvalue weighted by molar-refractivity contribution is 6.06. The SMILES string of the molecule is COc1ccc(-n2cc(C(=O)NCCCN3CCc4ccccc4C3)c3ccccc3c2=O)cc1. The van der Waals surface area contributed by atoms with Crippen molar-refractivity contribution in [1.29, 1.82) is 0 Å². The molecule has 0 radical (unpaired) electrons. The Morgan fingerprint density at radius 3 is 2.43 bits per heavy atom. The summed E-state index contributed by atoms with van der Waals surface area (Å²) in [5.74, 6) is 0.533. The highest BCUT2D eigenvalue weighted by atomic mass is 16.5. The average molecular weight is 468 g/mol. The number of hydrogen-bond donors (Lipinski definition) is 1. The highest BCUT2D eigenvalue weighted by Crippen LogP contribution is 2.20. The fourth-order valence-electron chi connectivity index (χ4n) is 4.75. The maximum atomic E-state index is 13.2. The van der Waals surface area contributed by atoms with Crippen LogP contribution in [0, 0.1) is 0 Å². The normalized spacial score (nSPS) is 13.4. The minimum atomic E-state index is -0.174. The molecule has 1 amide bonds. The third kappa shape index (κ3) is 4.84. The smallest absolute Gasteiger partial charge is 0.262 e. The molecule has 178 valence electrons. The van der Waals surface area contributed by atoms with Gasteiger partial charge < -0.3 is 10.1 Å². The summed E-state index contributed by atoms with van der Waals surface area (Å²) in [6.45, 7) is 3.51. The lowest BCUT2D eigenvalue weighted by Gasteiger charge is -2.28. The number of ether oxygens (including phenoxy) is 1. The van der Waals surface area contributed by atoms with E-state index >= 15 is 0 Å². The third-order valence-corrected chi connectivity index (χ3v) is 6.67. The molecule has 3 aromatic carbocycles. The van der Waals surface area contributed by atoms with Crippen LogP contribution >= 0.6 is 0 Å². The van der Waals surface area contributed by atoms with Crippen LogP contribution in [0.3, 0.4) is 0 Å². The van der Waals surface area contributed by atoms with Crippen LogP contribution < -0.4 is 15.6 Å². The number of methoxy groups -OCH3 is 1. The predicted octanol–water partition coefficient (Wildman–Crippen LogP) is 4.18. The van der Waals surface area contributed by atoms with E-state index in [0.29, 0.717) is 34.3 Å². The van der Waals surface area contributed by atoms with E-state index in [1.807, 2.05) is 30.3 Å². The van der Waals surface area contributed by atoms with Crippen molar-refractivity contribution in [2.45, 2.75) is 19.4 Å². The standard InChI is InChI=1S/C29H29N3O3/c1-35-24-13-11-23(12-14-24)32-20-27(25-9-4-5-10-26(25)29(32)34)28(33)30-16-6-17-31-18-15-21-7-2-3-8-22(21)19-31/h2-5,7-14,20H,6,15-19H2,1H3,(H,30,33). The van der Waals surface area contributed by atoms with Gasteiger partial charge in [0.25, 0.3) is 11.5 Å². The van der Waals surface area contributed by atoms with Gasteiger partial charge in [-0.2, -0.15) is 0 Å². The van der Waals surface area contributed by atoms with Gasteiger partial charge in [-0.3, -0.25) is 19.1 Å². The monoisotopic (exact) mass is 467 g/mol. The molecule has 0 saturated heterocycles. The third-order valence-electron chi connectivity index (χ3n) is 6.67. The molecule has 4 aromatic rings. The first-order valence-electron chi connectivity index (χ1n) is 12.0. The maximum Gasteiger partial charge on any atom is 0.262 e. The van der Waals surface area contributed by atoms with Crippen molar-refractivity contribution in [3.8, 4) is 11.4 Å². The topological polar surface area (TPSA) is 63.6 Å². The van der Waals surface area contributed by atoms with Gasteiger partial charge in [-0.1, -0.05) is 42.5 Å². The van der Waals surface area contributed by atoms with E-state index < -0.39 is 0 Å². The molecule has 0 atom stereocenters. The Morgan fingerprint density at radius 2 is 1.66 bits per heavy atom. The number of hydrogen-bond acceptors (Lipinski definition) is 4. The molecular formula is C29H29N3O3. The lowest BCUT2D eigenvalue weighted by atomic mass is 10.00. The van der Waals surface area contributed by atoms with Crippen LogP contribution in [-0.4, -0.2) is 42.1 Å². The summed E-state index contributed by atoms with van der Waals surface area (Å²) in [5, 5.41) is 4.24. The summed E-state index contributed by atoms with van der Waals surface area (Å²) >= 11 is 0. The highest BCUT2D eigenvalue weighted by Gasteiger charge is 2.17. The molecule has 1 aliphatic rings. The molecule has 0 spiro atoms. The summed E-state index contributed by atoms with van der Waals surface area (Å²) < 4.78 is 6.76. The van der Waals surface area contributed by atoms with E-state index in [4.69, 9.17) is 4.74 Å². The maximum absolute atomic E-state index is 13.2. The minimum Gasteiger partial charge on any atom is -0.497 e. The van der Waals surface area contributed by atoms with Crippen LogP contribution in [-0.2, 0) is 13.0 Å². The molecule has 2 heterocycles. The van der Waals surface area contributed by atoms with Crippen molar-refractivity contribution in [2.24, 2.45) is 0 Å². The van der Waals surface area contributed by atoms with Gasteiger partial charge in [0, 0.05) is 48.8 Å². The number of rotatable bonds is 7. The molecular weight excluding hydrogens is 438 g/mol. The second-order valence-electron chi connectivity index (χ2n) is 8.87. The number of pyridine rings is 1. The second-order valence-corrected chi connectivity index (χ2v) is 8.87. The van der Waals surface area contributed by atoms with E-state index in [-0.39, 0.29) is 11.5 Å². The summed E-state index contributed by atoms with van der Waals surface area (Å²) in [6, 6.07) is 23.1. The Hall–Kier alpha value is -3.90. The van der Waals surface area contributed by atoms with E-state index in [0.717, 1.165) is 32.5 Å². The molecule has 1 N–H and O–H groups in total. The molecule has 5 rings (SSSR count). The van der Waals surface area contributed by atoms with Crippen LogP contribution in [0.1, 0.15) is 27.9 Å². The number of nitrogens with one attached hydrogen (secondary N) is 1. The van der Waals surface area contributed by atoms with Gasteiger partial charge in [0.15, 0.2) is 0 Å². The number of nitrogens with zero attached hydrogens (tertiary/aromatic N) is 2. The van der Waals surface area contributed by atoms with Crippen LogP contribution in [0.4, 0.5) is 0 Å². The summed E-state index contributed by atoms with van der Waals surface area (Å²) in [5.41, 5.74) is 3.85. The Bertz CT molecular complexity index is 1410. The van der Waals surface area contributed by atoms with E-state index in [1.54, 1.807) is 31.5 Å². The molecule has 0 aliphatic carbocycles. The van der Waals surface area contributed by atoms with Crippen molar-refractivity contribution in [2.75, 3.05) is 26.7 Å². The van der Waals surface area contributed by atoms with Gasteiger partial charge in [0.2, 0.25) is 0 Å². The fourth-order valence-corrected chi connectivity index (χ4v) is 4.75. The summed E-state index contributed by atoms with van der Waals surface area (Å²) in [4.78, 5) is 28.8. The van der Waals surface area contributed by atoms with Crippen molar-refractivity contribution < 1.29 is 9.53 Å². The van der Waals surface area contributed by atoms with Crippen LogP contribution in [0.2, 0.25) is 0 Å². The van der Waals surface area contributed by atoms with Gasteiger partial charge in [-0.25, -0.2) is 0 Å². The molecule has 0 bridgehead atoms. The zero-order valence-electron chi connectivity index (χ0n) is 19.9. The van der Waals surface area contributed by atoms with Crippen LogP contribution in [0.25, 0.3) is 16.5 Å². The number of carbonyl (C=O) groups excluding carboxylic acids is 1. The van der Waals surface area contributed by atoms with Crippen molar-refractivity contribution in [1.82, 2.24) is 14.8 Å². The quantitative estimate of drug-likeness (QED) is 0.414. The molecule has 0 saturated carbocycles. The predicted molar refractivity (Wildman–Crippen MR) is 138 cm³/mol. The minimum absolute atomic E-state index is 0.160. The van der Waals surface area contributed by atoms with Gasteiger partial charge in [-0.05, 0) is 54.3 Å². The second kappa shape index (κ2) is 10.2. The number of carbonyl (C=O) groups is 1. The molecule has 1 aliphatic heterocycles. The summed E-state index contributed by atoms with van der Waals surface area (Å²) in [7, 11) is 1.60. The zero-order valence-corrected chi connectivity index (χ0v) is 19.9. The molecule has 1 aromatic heterocycles. The van der Waals surface area contributed by atoms with Crippen LogP contribution in [0.5, 0.6) is 5.75 Å². The Labute approximate surface area is 204 Å². The van der Waals surface area contributed by atoms with Crippen molar-refractivity contribution in [3.05, 3.63) is 106 Å². The average Bonchev–Trinajstić information content (AvgIpc) is 2.91. The van der Waals surface area contributed by atoms with Gasteiger partial charge in [-0.15, -0.1) is 0 Å². The van der Waals surface area contributed by atoms with Gasteiger partial charge in [0.1, 0.15) is 5.75 Å². The first-order valence-corrected chi connectivity index (χ1v) is 12.0. The lowest BCUT2D eigenvalue weighted by Crippen LogP contribution is -2.34. The summed E-state index contributed by atoms with van der Waals surface area (Å²) in [6.07, 6.45) is 3.58. The van der Waals surface area contributed by atoms with Crippen molar-refractivity contribution in [3.63, 3.8) is 0 Å². The number of benzene rings is 3. The zero-order chi connectivity index (χ0) is 24.2. The Morgan fingerprint density at radius 1 is 0.943 bits per heavy atom. The van der Waals surface area contributed by atoms with Gasteiger partial charge >= 0.3 is 0 Å². The first-order chi connectivity index (χ1) is 17.1. The molecule has 6 nitrogen and oxygen atoms in total. The Kier molecular flexibility index (Phi) is 6.64. The molecule has 35 heavy (non-hydrogen) atoms. The van der Waals surface area contributed by atoms with Crippen molar-refractivity contribution >= 4 is 16.7 Å². The largest absolute Gasteiger partial charge is 0.497 e. The van der Waals surface area contributed by atoms with E-state index in [2.05, 4.69) is 34.5 Å². The number of amides is 1. The fraction of sp³-hybridized carbons (Fsp3) is 0.241. The van der Waals surface area contributed by atoms with Gasteiger partial charge in [0.05, 0.1) is 12.7 Å². The number of aromatic nitrogens is 1. The van der Waals surface area contributed by atoms with Crippen LogP contribution in [0.15, 0.2) is 83.8 Å². The number of fused-ring (bicyclic) bond motifs is 2. The lowest BCUT2D eigenvalue weighted by molar-refractivity contribution is 0.0952. The molecule has 6 heteroatoms. The Balaban J connectivity index is 1.30.